The predicted octanol–water partition coefficient (Wildman–Crippen LogP) is -2.10. The molecule has 0 spiro atoms. The highest BCUT2D eigenvalue weighted by Crippen LogP contribution is 2.28. The maximum atomic E-state index is 13.0. The summed E-state index contributed by atoms with van der Waals surface area (Å²) >= 11 is 0. The van der Waals surface area contributed by atoms with Gasteiger partial charge in [-0.25, -0.2) is 9.98 Å². The van der Waals surface area contributed by atoms with Crippen molar-refractivity contribution < 1.29 is 43.8 Å². The van der Waals surface area contributed by atoms with Crippen LogP contribution in [0.3, 0.4) is 0 Å². The van der Waals surface area contributed by atoms with Crippen LogP contribution in [0.1, 0.15) is 29.7 Å². The zero-order valence-corrected chi connectivity index (χ0v) is 12.9. The molecule has 1 fully saturated rings. The van der Waals surface area contributed by atoms with Gasteiger partial charge in [-0.3, -0.25) is 0 Å². The standard InChI is InChI=1S/C15H16F2N2O5/c1-8-14(20)12(10(4-18-8)7-24-22)5-19-13-3-9(6-23-21)2-11(13)15(16)17/h4,6,9,20,22H,2-3,5,7H2,1H3/p+1/t9-/m0/s1. The molecule has 0 unspecified atom stereocenters. The molecule has 130 valence electrons. The lowest BCUT2D eigenvalue weighted by Gasteiger charge is -2.09. The number of hydrogen-bond donors (Lipinski definition) is 2. The summed E-state index contributed by atoms with van der Waals surface area (Å²) in [6.45, 7) is 1.38. The first-order valence-corrected chi connectivity index (χ1v) is 7.20. The Morgan fingerprint density at radius 3 is 2.92 bits per heavy atom. The molecular weight excluding hydrogens is 326 g/mol. The van der Waals surface area contributed by atoms with Gasteiger partial charge < -0.3 is 20.5 Å². The molecule has 1 atom stereocenters. The van der Waals surface area contributed by atoms with Crippen molar-refractivity contribution in [2.45, 2.75) is 32.9 Å². The molecule has 0 radical (unpaired) electrons. The number of pyridine rings is 1. The SMILES string of the molecule is Cc1[nH+]cc(CO[O-])c(C[NH+]=C2C[C@@H](C=[O+][O-])CC2=C(F)F)c1O. The third-order valence-corrected chi connectivity index (χ3v) is 3.96. The molecule has 0 aliphatic heterocycles. The highest BCUT2D eigenvalue weighted by Gasteiger charge is 2.35. The maximum absolute atomic E-state index is 13.0. The fraction of sp³-hybridized carbons (Fsp3) is 0.400. The first-order chi connectivity index (χ1) is 11.5. The van der Waals surface area contributed by atoms with Gasteiger partial charge >= 0.3 is 6.29 Å². The van der Waals surface area contributed by atoms with Gasteiger partial charge in [0.2, 0.25) is 5.69 Å². The fourth-order valence-electron chi connectivity index (χ4n) is 2.70. The number of aldehydes is 1. The van der Waals surface area contributed by atoms with Crippen molar-refractivity contribution in [3.8, 4) is 5.75 Å². The molecular formula is C15H17F2N2O5+. The molecule has 24 heavy (non-hydrogen) atoms. The number of aromatic hydroxyl groups is 1. The van der Waals surface area contributed by atoms with Crippen molar-refractivity contribution in [1.82, 2.24) is 0 Å². The Bertz CT molecular complexity index is 699. The van der Waals surface area contributed by atoms with Crippen LogP contribution in [0.2, 0.25) is 0 Å². The molecule has 0 bridgehead atoms. The predicted molar refractivity (Wildman–Crippen MR) is 71.9 cm³/mol. The van der Waals surface area contributed by atoms with Crippen LogP contribution >= 0.6 is 0 Å². The van der Waals surface area contributed by atoms with Crippen LogP contribution < -0.4 is 20.5 Å². The first-order valence-electron chi connectivity index (χ1n) is 7.20. The molecule has 9 heteroatoms. The van der Waals surface area contributed by atoms with Gasteiger partial charge in [0.15, 0.2) is 24.2 Å². The average Bonchev–Trinajstić information content (AvgIpc) is 2.94. The van der Waals surface area contributed by atoms with Gasteiger partial charge in [0, 0.05) is 13.3 Å². The number of carbonyl (C=O) groups excluding carboxylic acids is 1. The third kappa shape index (κ3) is 3.92. The summed E-state index contributed by atoms with van der Waals surface area (Å²) < 4.78 is 29.8. The first kappa shape index (κ1) is 18.0. The van der Waals surface area contributed by atoms with Gasteiger partial charge in [-0.15, -0.1) is 0 Å². The Labute approximate surface area is 136 Å². The molecule has 0 aromatic carbocycles. The Morgan fingerprint density at radius 1 is 1.54 bits per heavy atom. The molecule has 1 aromatic heterocycles. The smallest absolute Gasteiger partial charge is 0.322 e. The minimum atomic E-state index is -1.83. The van der Waals surface area contributed by atoms with Crippen LogP contribution in [-0.4, -0.2) is 17.1 Å². The van der Waals surface area contributed by atoms with E-state index in [0.29, 0.717) is 16.8 Å². The van der Waals surface area contributed by atoms with Crippen LogP contribution in [0, 0.1) is 12.8 Å². The molecule has 3 N–H and O–H groups in total. The number of aryl methyl sites for hydroxylation is 1. The van der Waals surface area contributed by atoms with Crippen LogP contribution in [0.4, 0.5) is 8.78 Å². The van der Waals surface area contributed by atoms with Gasteiger partial charge in [-0.1, -0.05) is 0 Å². The van der Waals surface area contributed by atoms with Gasteiger partial charge in [0.05, 0.1) is 29.2 Å². The monoisotopic (exact) mass is 343 g/mol. The number of aromatic amines is 1. The normalized spacial score (nSPS) is 19.6. The highest BCUT2D eigenvalue weighted by molar-refractivity contribution is 6.00. The number of hydrogen-bond acceptors (Lipinski definition) is 4. The molecule has 2 rings (SSSR count). The van der Waals surface area contributed by atoms with Crippen molar-refractivity contribution >= 4 is 12.0 Å². The second kappa shape index (κ2) is 7.93. The summed E-state index contributed by atoms with van der Waals surface area (Å²) in [5.41, 5.74) is 1.36. The van der Waals surface area contributed by atoms with E-state index in [1.54, 1.807) is 6.92 Å². The topological polar surface area (TPSA) is 115 Å². The van der Waals surface area contributed by atoms with E-state index in [9.17, 15) is 24.4 Å². The van der Waals surface area contributed by atoms with Crippen molar-refractivity contribution in [2.24, 2.45) is 5.92 Å². The van der Waals surface area contributed by atoms with Crippen molar-refractivity contribution in [3.63, 3.8) is 0 Å². The summed E-state index contributed by atoms with van der Waals surface area (Å²) in [6, 6.07) is 0. The minimum absolute atomic E-state index is 0.00296. The number of H-pyrrole nitrogens is 1. The summed E-state index contributed by atoms with van der Waals surface area (Å²) in [6.07, 6.45) is 0.854. The molecule has 0 amide bonds. The Balaban J connectivity index is 2.33. The second-order valence-electron chi connectivity index (χ2n) is 5.50. The Morgan fingerprint density at radius 2 is 2.29 bits per heavy atom. The van der Waals surface area contributed by atoms with E-state index in [1.807, 2.05) is 0 Å². The zero-order chi connectivity index (χ0) is 17.7. The maximum Gasteiger partial charge on any atom is 0.322 e. The molecule has 1 heterocycles. The number of nitrogens with one attached hydrogen (secondary N) is 2. The summed E-state index contributed by atoms with van der Waals surface area (Å²) in [5, 5.41) is 30.7. The lowest BCUT2D eigenvalue weighted by molar-refractivity contribution is -1.04. The lowest BCUT2D eigenvalue weighted by atomic mass is 10.1. The molecule has 1 saturated carbocycles. The van der Waals surface area contributed by atoms with E-state index < -0.39 is 12.0 Å². The van der Waals surface area contributed by atoms with Crippen molar-refractivity contribution in [3.05, 3.63) is 34.7 Å². The van der Waals surface area contributed by atoms with Gasteiger partial charge in [-0.05, 0) is 6.42 Å². The molecule has 0 saturated heterocycles. The highest BCUT2D eigenvalue weighted by atomic mass is 19.3. The zero-order valence-electron chi connectivity index (χ0n) is 12.9. The quantitative estimate of drug-likeness (QED) is 0.276. The lowest BCUT2D eigenvalue weighted by Crippen LogP contribution is -2.71. The van der Waals surface area contributed by atoms with Crippen LogP contribution in [0.15, 0.2) is 17.9 Å². The van der Waals surface area contributed by atoms with Crippen molar-refractivity contribution in [1.29, 1.82) is 0 Å². The van der Waals surface area contributed by atoms with E-state index in [4.69, 9.17) is 0 Å². The largest absolute Gasteiger partial charge is 0.723 e. The summed E-state index contributed by atoms with van der Waals surface area (Å²) in [5.74, 6) is -0.515. The molecule has 1 aliphatic carbocycles. The number of allylic oxidation sites excluding steroid dienone is 1. The molecule has 1 aliphatic rings. The van der Waals surface area contributed by atoms with E-state index in [-0.39, 0.29) is 43.0 Å². The van der Waals surface area contributed by atoms with Crippen LogP contribution in [-0.2, 0) is 22.6 Å². The minimum Gasteiger partial charge on any atom is -0.723 e. The van der Waals surface area contributed by atoms with Gasteiger partial charge in [0.25, 0.3) is 6.08 Å². The molecule has 1 aromatic rings. The van der Waals surface area contributed by atoms with E-state index >= 15 is 0 Å². The summed E-state index contributed by atoms with van der Waals surface area (Å²) in [4.78, 5) is 9.48. The number of aromatic nitrogens is 1. The number of rotatable bonds is 5. The van der Waals surface area contributed by atoms with Crippen LogP contribution in [0.25, 0.3) is 0 Å². The van der Waals surface area contributed by atoms with E-state index in [2.05, 4.69) is 19.4 Å². The van der Waals surface area contributed by atoms with Crippen molar-refractivity contribution in [2.75, 3.05) is 0 Å². The second-order valence-corrected chi connectivity index (χ2v) is 5.50. The molecule has 7 nitrogen and oxygen atoms in total. The third-order valence-electron chi connectivity index (χ3n) is 3.96. The Hall–Kier alpha value is -2.39. The van der Waals surface area contributed by atoms with Gasteiger partial charge in [0.1, 0.15) is 0 Å². The van der Waals surface area contributed by atoms with Gasteiger partial charge in [-0.2, -0.15) is 13.4 Å². The van der Waals surface area contributed by atoms with E-state index in [0.717, 1.165) is 6.29 Å². The average molecular weight is 343 g/mol. The van der Waals surface area contributed by atoms with E-state index in [1.165, 1.54) is 6.20 Å². The fourth-order valence-corrected chi connectivity index (χ4v) is 2.70. The Kier molecular flexibility index (Phi) is 5.93. The number of halogens is 2. The van der Waals surface area contributed by atoms with Crippen LogP contribution in [0.5, 0.6) is 5.75 Å². The summed E-state index contributed by atoms with van der Waals surface area (Å²) in [7, 11) is 0.